The summed E-state index contributed by atoms with van der Waals surface area (Å²) < 4.78 is 5.38. The van der Waals surface area contributed by atoms with E-state index in [0.717, 1.165) is 17.4 Å². The second-order valence-electron chi connectivity index (χ2n) is 5.65. The molecule has 20 heavy (non-hydrogen) atoms. The number of nitrogens with zero attached hydrogens (tertiary/aromatic N) is 1. The molecule has 1 aliphatic rings. The van der Waals surface area contributed by atoms with Gasteiger partial charge in [-0.1, -0.05) is 25.8 Å². The summed E-state index contributed by atoms with van der Waals surface area (Å²) in [5, 5.41) is 12.8. The number of anilines is 1. The molecule has 0 unspecified atom stereocenters. The van der Waals surface area contributed by atoms with Crippen LogP contribution in [0, 0.1) is 17.2 Å². The molecule has 3 nitrogen and oxygen atoms in total. The lowest BCUT2D eigenvalue weighted by molar-refractivity contribution is 0.318. The highest BCUT2D eigenvalue weighted by atomic mass is 16.5. The normalized spacial score (nSPS) is 22.1. The van der Waals surface area contributed by atoms with Crippen molar-refractivity contribution in [2.45, 2.75) is 51.5 Å². The monoisotopic (exact) mass is 272 g/mol. The van der Waals surface area contributed by atoms with E-state index in [1.165, 1.54) is 38.5 Å². The van der Waals surface area contributed by atoms with Crippen LogP contribution >= 0.6 is 0 Å². The van der Waals surface area contributed by atoms with E-state index in [1.54, 1.807) is 7.11 Å². The van der Waals surface area contributed by atoms with Crippen LogP contribution in [-0.4, -0.2) is 13.2 Å². The predicted molar refractivity (Wildman–Crippen MR) is 82.0 cm³/mol. The fraction of sp³-hybridized carbons (Fsp3) is 0.588. The third-order valence-electron chi connectivity index (χ3n) is 4.26. The molecule has 0 bridgehead atoms. The standard InChI is InChI=1S/C17H24N2O/c1-3-5-13-8-10-15(11-9-13)19-17-14(12-18)6-4-7-16(17)20-2/h4,6-7,13,15,19H,3,5,8-11H2,1-2H3. The average Bonchev–Trinajstić information content (AvgIpc) is 2.49. The molecule has 1 N–H and O–H groups in total. The molecule has 0 atom stereocenters. The van der Waals surface area contributed by atoms with Crippen molar-refractivity contribution in [3.63, 3.8) is 0 Å². The van der Waals surface area contributed by atoms with Gasteiger partial charge in [-0.3, -0.25) is 0 Å². The van der Waals surface area contributed by atoms with Crippen LogP contribution in [0.4, 0.5) is 5.69 Å². The van der Waals surface area contributed by atoms with Crippen molar-refractivity contribution in [2.75, 3.05) is 12.4 Å². The smallest absolute Gasteiger partial charge is 0.143 e. The Balaban J connectivity index is 2.03. The molecule has 0 saturated heterocycles. The molecule has 1 fully saturated rings. The molecular formula is C17H24N2O. The summed E-state index contributed by atoms with van der Waals surface area (Å²) in [4.78, 5) is 0. The van der Waals surface area contributed by atoms with Gasteiger partial charge < -0.3 is 10.1 Å². The summed E-state index contributed by atoms with van der Waals surface area (Å²) in [6, 6.07) is 8.32. The van der Waals surface area contributed by atoms with Crippen molar-refractivity contribution in [3.8, 4) is 11.8 Å². The van der Waals surface area contributed by atoms with E-state index in [-0.39, 0.29) is 0 Å². The third-order valence-corrected chi connectivity index (χ3v) is 4.26. The zero-order valence-corrected chi connectivity index (χ0v) is 12.5. The first-order valence-electron chi connectivity index (χ1n) is 7.62. The lowest BCUT2D eigenvalue weighted by Crippen LogP contribution is -2.26. The SMILES string of the molecule is CCCC1CCC(Nc2c(C#N)cccc2OC)CC1. The molecule has 1 aromatic rings. The maximum atomic E-state index is 9.23. The van der Waals surface area contributed by atoms with Crippen LogP contribution in [0.1, 0.15) is 51.0 Å². The van der Waals surface area contributed by atoms with Gasteiger partial charge in [-0.05, 0) is 43.7 Å². The first-order chi connectivity index (χ1) is 9.78. The van der Waals surface area contributed by atoms with E-state index in [0.29, 0.717) is 11.6 Å². The minimum atomic E-state index is 0.464. The van der Waals surface area contributed by atoms with Gasteiger partial charge in [0.25, 0.3) is 0 Å². The zero-order chi connectivity index (χ0) is 14.4. The molecular weight excluding hydrogens is 248 g/mol. The summed E-state index contributed by atoms with van der Waals surface area (Å²) >= 11 is 0. The molecule has 2 rings (SSSR count). The van der Waals surface area contributed by atoms with Gasteiger partial charge in [0, 0.05) is 6.04 Å². The minimum absolute atomic E-state index is 0.464. The number of nitriles is 1. The second-order valence-corrected chi connectivity index (χ2v) is 5.65. The molecule has 3 heteroatoms. The Bertz CT molecular complexity index is 470. The topological polar surface area (TPSA) is 45.0 Å². The molecule has 1 aromatic carbocycles. The Kier molecular flexibility index (Phi) is 5.29. The number of ether oxygens (including phenoxy) is 1. The van der Waals surface area contributed by atoms with Crippen LogP contribution in [0.2, 0.25) is 0 Å². The lowest BCUT2D eigenvalue weighted by atomic mass is 9.83. The summed E-state index contributed by atoms with van der Waals surface area (Å²) in [5.74, 6) is 1.66. The molecule has 108 valence electrons. The zero-order valence-electron chi connectivity index (χ0n) is 12.5. The van der Waals surface area contributed by atoms with E-state index in [2.05, 4.69) is 18.3 Å². The fourth-order valence-electron chi connectivity index (χ4n) is 3.15. The molecule has 0 heterocycles. The molecule has 0 spiro atoms. The van der Waals surface area contributed by atoms with Crippen LogP contribution in [0.15, 0.2) is 18.2 Å². The third kappa shape index (κ3) is 3.45. The summed E-state index contributed by atoms with van der Waals surface area (Å²) in [7, 11) is 1.65. The van der Waals surface area contributed by atoms with E-state index < -0.39 is 0 Å². The molecule has 0 aromatic heterocycles. The van der Waals surface area contributed by atoms with Crippen LogP contribution in [0.5, 0.6) is 5.75 Å². The van der Waals surface area contributed by atoms with Gasteiger partial charge >= 0.3 is 0 Å². The first kappa shape index (κ1) is 14.7. The molecule has 0 amide bonds. The summed E-state index contributed by atoms with van der Waals surface area (Å²) in [6.45, 7) is 2.26. The maximum Gasteiger partial charge on any atom is 0.143 e. The maximum absolute atomic E-state index is 9.23. The van der Waals surface area contributed by atoms with E-state index in [9.17, 15) is 5.26 Å². The number of para-hydroxylation sites is 1. The van der Waals surface area contributed by atoms with Gasteiger partial charge in [0.15, 0.2) is 0 Å². The number of methoxy groups -OCH3 is 1. The van der Waals surface area contributed by atoms with Crippen molar-refractivity contribution < 1.29 is 4.74 Å². The number of nitrogens with one attached hydrogen (secondary N) is 1. The Morgan fingerprint density at radius 1 is 1.30 bits per heavy atom. The Morgan fingerprint density at radius 3 is 2.65 bits per heavy atom. The molecule has 1 aliphatic carbocycles. The van der Waals surface area contributed by atoms with Crippen molar-refractivity contribution in [2.24, 2.45) is 5.92 Å². The summed E-state index contributed by atoms with van der Waals surface area (Å²) in [5.41, 5.74) is 1.52. The highest BCUT2D eigenvalue weighted by Crippen LogP contribution is 2.33. The quantitative estimate of drug-likeness (QED) is 0.867. The van der Waals surface area contributed by atoms with E-state index in [4.69, 9.17) is 4.74 Å². The van der Waals surface area contributed by atoms with Gasteiger partial charge in [0.2, 0.25) is 0 Å². The largest absolute Gasteiger partial charge is 0.495 e. The van der Waals surface area contributed by atoms with Crippen LogP contribution < -0.4 is 10.1 Å². The van der Waals surface area contributed by atoms with Gasteiger partial charge in [-0.25, -0.2) is 0 Å². The van der Waals surface area contributed by atoms with Crippen LogP contribution in [0.3, 0.4) is 0 Å². The van der Waals surface area contributed by atoms with E-state index >= 15 is 0 Å². The van der Waals surface area contributed by atoms with Crippen molar-refractivity contribution in [3.05, 3.63) is 23.8 Å². The van der Waals surface area contributed by atoms with Crippen molar-refractivity contribution in [1.29, 1.82) is 5.26 Å². The van der Waals surface area contributed by atoms with Gasteiger partial charge in [-0.15, -0.1) is 0 Å². The molecule has 0 aliphatic heterocycles. The Labute approximate surface area is 121 Å². The number of rotatable bonds is 5. The number of hydrogen-bond acceptors (Lipinski definition) is 3. The average molecular weight is 272 g/mol. The minimum Gasteiger partial charge on any atom is -0.495 e. The van der Waals surface area contributed by atoms with Crippen molar-refractivity contribution in [1.82, 2.24) is 0 Å². The highest BCUT2D eigenvalue weighted by molar-refractivity contribution is 5.66. The fourth-order valence-corrected chi connectivity index (χ4v) is 3.15. The lowest BCUT2D eigenvalue weighted by Gasteiger charge is -2.30. The first-order valence-corrected chi connectivity index (χ1v) is 7.62. The molecule has 0 radical (unpaired) electrons. The predicted octanol–water partition coefficient (Wildman–Crippen LogP) is 4.34. The summed E-state index contributed by atoms with van der Waals surface area (Å²) in [6.07, 6.45) is 7.60. The highest BCUT2D eigenvalue weighted by Gasteiger charge is 2.22. The Hall–Kier alpha value is -1.69. The Morgan fingerprint density at radius 2 is 2.05 bits per heavy atom. The number of hydrogen-bond donors (Lipinski definition) is 1. The van der Waals surface area contributed by atoms with Gasteiger partial charge in [0.1, 0.15) is 11.8 Å². The van der Waals surface area contributed by atoms with Gasteiger partial charge in [-0.2, -0.15) is 5.26 Å². The van der Waals surface area contributed by atoms with Gasteiger partial charge in [0.05, 0.1) is 18.4 Å². The second kappa shape index (κ2) is 7.19. The van der Waals surface area contributed by atoms with Crippen LogP contribution in [-0.2, 0) is 0 Å². The molecule has 1 saturated carbocycles. The number of benzene rings is 1. The van der Waals surface area contributed by atoms with Crippen LogP contribution in [0.25, 0.3) is 0 Å². The van der Waals surface area contributed by atoms with Crippen molar-refractivity contribution >= 4 is 5.69 Å². The van der Waals surface area contributed by atoms with E-state index in [1.807, 2.05) is 18.2 Å².